The van der Waals surface area contributed by atoms with Crippen molar-refractivity contribution in [2.45, 2.75) is 69.7 Å². The van der Waals surface area contributed by atoms with Crippen LogP contribution in [0.4, 0.5) is 4.39 Å². The summed E-state index contributed by atoms with van der Waals surface area (Å²) >= 11 is 0. The molecule has 0 spiro atoms. The summed E-state index contributed by atoms with van der Waals surface area (Å²) in [5, 5.41) is 10.4. The highest BCUT2D eigenvalue weighted by Gasteiger charge is 2.36. The second kappa shape index (κ2) is 6.77. The van der Waals surface area contributed by atoms with Crippen LogP contribution in [0, 0.1) is 11.3 Å². The molecule has 3 unspecified atom stereocenters. The summed E-state index contributed by atoms with van der Waals surface area (Å²) < 4.78 is 22.4. The van der Waals surface area contributed by atoms with Gasteiger partial charge >= 0.3 is 0 Å². The van der Waals surface area contributed by atoms with Crippen molar-refractivity contribution >= 4 is 21.9 Å². The monoisotopic (exact) mass is 392 g/mol. The maximum absolute atomic E-state index is 14.1. The molecular formula is C23H25FN4O. The highest BCUT2D eigenvalue weighted by Crippen LogP contribution is 2.42. The predicted molar refractivity (Wildman–Crippen MR) is 110 cm³/mol. The Kier molecular flexibility index (Phi) is 4.32. The third kappa shape index (κ3) is 3.18. The Morgan fingerprint density at radius 3 is 2.83 bits per heavy atom. The van der Waals surface area contributed by atoms with Gasteiger partial charge in [0, 0.05) is 24.0 Å². The Labute approximate surface area is 169 Å². The molecule has 0 radical (unpaired) electrons. The minimum Gasteiger partial charge on any atom is -0.375 e. The van der Waals surface area contributed by atoms with E-state index in [1.54, 1.807) is 6.07 Å². The minimum absolute atomic E-state index is 0.123. The van der Waals surface area contributed by atoms with Gasteiger partial charge < -0.3 is 9.30 Å². The summed E-state index contributed by atoms with van der Waals surface area (Å²) in [5.74, 6) is 1.09. The summed E-state index contributed by atoms with van der Waals surface area (Å²) in [5.41, 5.74) is 3.10. The molecule has 2 fully saturated rings. The van der Waals surface area contributed by atoms with Crippen molar-refractivity contribution in [1.82, 2.24) is 14.5 Å². The highest BCUT2D eigenvalue weighted by molar-refractivity contribution is 6.03. The number of hydrogen-bond donors (Lipinski definition) is 0. The highest BCUT2D eigenvalue weighted by atomic mass is 19.1. The Balaban J connectivity index is 1.77. The van der Waals surface area contributed by atoms with Gasteiger partial charge in [-0.3, -0.25) is 4.98 Å². The number of hydrogen-bond acceptors (Lipinski definition) is 4. The number of nitriles is 1. The molecule has 2 aliphatic rings. The van der Waals surface area contributed by atoms with Crippen molar-refractivity contribution in [2.75, 3.05) is 6.61 Å². The van der Waals surface area contributed by atoms with Crippen LogP contribution < -0.4 is 0 Å². The first-order valence-corrected chi connectivity index (χ1v) is 10.4. The molecule has 0 bridgehead atoms. The number of pyridine rings is 1. The molecule has 2 aromatic heterocycles. The van der Waals surface area contributed by atoms with Crippen molar-refractivity contribution < 1.29 is 9.13 Å². The molecular weight excluding hydrogens is 367 g/mol. The number of ether oxygens (including phenoxy) is 1. The Morgan fingerprint density at radius 2 is 2.10 bits per heavy atom. The van der Waals surface area contributed by atoms with Gasteiger partial charge in [-0.1, -0.05) is 0 Å². The summed E-state index contributed by atoms with van der Waals surface area (Å²) in [6.45, 7) is 4.94. The van der Waals surface area contributed by atoms with Crippen LogP contribution in [0.25, 0.3) is 21.9 Å². The van der Waals surface area contributed by atoms with Crippen LogP contribution >= 0.6 is 0 Å². The lowest BCUT2D eigenvalue weighted by Gasteiger charge is -2.37. The number of nitrogens with zero attached hydrogens (tertiary/aromatic N) is 4. The fourth-order valence-corrected chi connectivity index (χ4v) is 5.10. The van der Waals surface area contributed by atoms with E-state index in [1.165, 1.54) is 0 Å². The van der Waals surface area contributed by atoms with E-state index in [2.05, 4.69) is 29.5 Å². The maximum atomic E-state index is 14.1. The largest absolute Gasteiger partial charge is 0.375 e. The smallest absolute Gasteiger partial charge is 0.113 e. The minimum atomic E-state index is -0.751. The Bertz CT molecular complexity index is 1130. The van der Waals surface area contributed by atoms with Crippen molar-refractivity contribution in [3.05, 3.63) is 35.8 Å². The molecule has 150 valence electrons. The Morgan fingerprint density at radius 1 is 1.24 bits per heavy atom. The molecule has 3 atom stereocenters. The van der Waals surface area contributed by atoms with Gasteiger partial charge in [-0.15, -0.1) is 0 Å². The standard InChI is InChI=1S/C23H25FN4O/c1-23(2)11-17(7-8-29-23)28-21-18-9-14(12-25)3-6-19(18)26-13-20(21)27-22(28)15-4-5-16(24)10-15/h3,6,9,13,15-17H,4-5,7-8,10-11H2,1-2H3. The summed E-state index contributed by atoms with van der Waals surface area (Å²) in [6, 6.07) is 8.06. The lowest BCUT2D eigenvalue weighted by atomic mass is 9.93. The van der Waals surface area contributed by atoms with E-state index in [0.29, 0.717) is 25.0 Å². The molecule has 3 heterocycles. The fraction of sp³-hybridized carbons (Fsp3) is 0.522. The van der Waals surface area contributed by atoms with Gasteiger partial charge in [0.1, 0.15) is 17.5 Å². The van der Waals surface area contributed by atoms with Gasteiger partial charge in [-0.05, 0) is 64.2 Å². The summed E-state index contributed by atoms with van der Waals surface area (Å²) in [4.78, 5) is 9.54. The molecule has 0 amide bonds. The quantitative estimate of drug-likeness (QED) is 0.602. The topological polar surface area (TPSA) is 63.7 Å². The lowest BCUT2D eigenvalue weighted by molar-refractivity contribution is -0.0689. The van der Waals surface area contributed by atoms with E-state index in [-0.39, 0.29) is 17.6 Å². The Hall–Kier alpha value is -2.52. The fourth-order valence-electron chi connectivity index (χ4n) is 5.10. The zero-order valence-corrected chi connectivity index (χ0v) is 16.9. The number of fused-ring (bicyclic) bond motifs is 3. The van der Waals surface area contributed by atoms with Crippen molar-refractivity contribution in [3.8, 4) is 6.07 Å². The van der Waals surface area contributed by atoms with E-state index in [1.807, 2.05) is 18.3 Å². The molecule has 5 nitrogen and oxygen atoms in total. The number of benzene rings is 1. The van der Waals surface area contributed by atoms with Crippen LogP contribution in [-0.4, -0.2) is 32.9 Å². The van der Waals surface area contributed by atoms with E-state index in [0.717, 1.165) is 47.0 Å². The van der Waals surface area contributed by atoms with Gasteiger partial charge in [0.25, 0.3) is 0 Å². The first-order chi connectivity index (χ1) is 13.9. The van der Waals surface area contributed by atoms with Crippen LogP contribution in [0.5, 0.6) is 0 Å². The molecule has 1 saturated carbocycles. The van der Waals surface area contributed by atoms with E-state index in [4.69, 9.17) is 9.72 Å². The molecule has 29 heavy (non-hydrogen) atoms. The van der Waals surface area contributed by atoms with Crippen LogP contribution in [0.15, 0.2) is 24.4 Å². The molecule has 1 saturated heterocycles. The van der Waals surface area contributed by atoms with Crippen molar-refractivity contribution in [2.24, 2.45) is 0 Å². The van der Waals surface area contributed by atoms with Gasteiger partial charge in [0.2, 0.25) is 0 Å². The number of halogens is 1. The van der Waals surface area contributed by atoms with Gasteiger partial charge in [0.15, 0.2) is 0 Å². The van der Waals surface area contributed by atoms with Crippen molar-refractivity contribution in [1.29, 1.82) is 5.26 Å². The molecule has 1 aliphatic heterocycles. The van der Waals surface area contributed by atoms with Crippen LogP contribution in [0.2, 0.25) is 0 Å². The normalized spacial score (nSPS) is 26.8. The zero-order valence-electron chi connectivity index (χ0n) is 16.9. The second-order valence-electron chi connectivity index (χ2n) is 9.04. The van der Waals surface area contributed by atoms with E-state index in [9.17, 15) is 9.65 Å². The van der Waals surface area contributed by atoms with Crippen LogP contribution in [0.1, 0.15) is 69.3 Å². The first kappa shape index (κ1) is 18.5. The zero-order chi connectivity index (χ0) is 20.2. The number of rotatable bonds is 2. The third-order valence-electron chi connectivity index (χ3n) is 6.44. The van der Waals surface area contributed by atoms with E-state index < -0.39 is 6.17 Å². The van der Waals surface area contributed by atoms with Gasteiger partial charge in [0.05, 0.1) is 34.5 Å². The van der Waals surface area contributed by atoms with Crippen LogP contribution in [-0.2, 0) is 4.74 Å². The molecule has 5 rings (SSSR count). The van der Waals surface area contributed by atoms with Gasteiger partial charge in [-0.2, -0.15) is 5.26 Å². The number of alkyl halides is 1. The van der Waals surface area contributed by atoms with Crippen LogP contribution in [0.3, 0.4) is 0 Å². The second-order valence-corrected chi connectivity index (χ2v) is 9.04. The average Bonchev–Trinajstić information content (AvgIpc) is 3.30. The van der Waals surface area contributed by atoms with E-state index >= 15 is 0 Å². The predicted octanol–water partition coefficient (Wildman–Crippen LogP) is 5.19. The maximum Gasteiger partial charge on any atom is 0.113 e. The summed E-state index contributed by atoms with van der Waals surface area (Å²) in [6.07, 6.45) is 4.80. The van der Waals surface area contributed by atoms with Gasteiger partial charge in [-0.25, -0.2) is 9.37 Å². The number of aromatic nitrogens is 3. The third-order valence-corrected chi connectivity index (χ3v) is 6.44. The molecule has 6 heteroatoms. The first-order valence-electron chi connectivity index (χ1n) is 10.4. The SMILES string of the molecule is CC1(C)CC(n2c(C3CCC(F)C3)nc3cnc4ccc(C#N)cc4c32)CCO1. The summed E-state index contributed by atoms with van der Waals surface area (Å²) in [7, 11) is 0. The van der Waals surface area contributed by atoms with Crippen molar-refractivity contribution in [3.63, 3.8) is 0 Å². The molecule has 0 N–H and O–H groups in total. The molecule has 1 aliphatic carbocycles. The number of imidazole rings is 1. The average molecular weight is 392 g/mol. The lowest BCUT2D eigenvalue weighted by Crippen LogP contribution is -2.35. The molecule has 1 aromatic carbocycles. The molecule has 3 aromatic rings.